The maximum atomic E-state index is 11.4. The highest BCUT2D eigenvalue weighted by Crippen LogP contribution is 2.32. The Labute approximate surface area is 99.5 Å². The first kappa shape index (κ1) is 9.90. The van der Waals surface area contributed by atoms with Crippen LogP contribution in [-0.2, 0) is 11.2 Å². The van der Waals surface area contributed by atoms with Gasteiger partial charge in [0.1, 0.15) is 0 Å². The van der Waals surface area contributed by atoms with E-state index in [0.717, 1.165) is 22.6 Å². The molecule has 0 bridgehead atoms. The summed E-state index contributed by atoms with van der Waals surface area (Å²) in [5.41, 5.74) is 3.92. The number of fused-ring (bicyclic) bond motifs is 1. The SMILES string of the molecule is O=C1Cc2cccc(Nc3ccccc3)c2N1. The molecule has 1 heterocycles. The van der Waals surface area contributed by atoms with Gasteiger partial charge in [-0.2, -0.15) is 0 Å². The minimum atomic E-state index is 0.0577. The van der Waals surface area contributed by atoms with Gasteiger partial charge in [0.2, 0.25) is 5.91 Å². The number of hydrogen-bond donors (Lipinski definition) is 2. The fourth-order valence-electron chi connectivity index (χ4n) is 2.03. The minimum Gasteiger partial charge on any atom is -0.354 e. The molecule has 0 radical (unpaired) electrons. The number of anilines is 3. The number of benzene rings is 2. The lowest BCUT2D eigenvalue weighted by atomic mass is 10.1. The molecule has 1 aliphatic heterocycles. The zero-order valence-corrected chi connectivity index (χ0v) is 9.23. The van der Waals surface area contributed by atoms with Crippen LogP contribution in [0.3, 0.4) is 0 Å². The molecule has 0 atom stereocenters. The van der Waals surface area contributed by atoms with E-state index in [4.69, 9.17) is 0 Å². The monoisotopic (exact) mass is 224 g/mol. The largest absolute Gasteiger partial charge is 0.354 e. The van der Waals surface area contributed by atoms with Crippen molar-refractivity contribution < 1.29 is 4.79 Å². The molecule has 1 amide bonds. The molecule has 3 heteroatoms. The first-order valence-corrected chi connectivity index (χ1v) is 5.57. The lowest BCUT2D eigenvalue weighted by Crippen LogP contribution is -2.04. The molecule has 0 aromatic heterocycles. The molecular formula is C14H12N2O. The molecule has 0 spiro atoms. The van der Waals surface area contributed by atoms with E-state index in [9.17, 15) is 4.79 Å². The topological polar surface area (TPSA) is 41.1 Å². The Morgan fingerprint density at radius 3 is 2.65 bits per heavy atom. The van der Waals surface area contributed by atoms with Crippen LogP contribution in [0.15, 0.2) is 48.5 Å². The van der Waals surface area contributed by atoms with Crippen LogP contribution in [0.4, 0.5) is 17.1 Å². The van der Waals surface area contributed by atoms with Gasteiger partial charge in [0.05, 0.1) is 17.8 Å². The lowest BCUT2D eigenvalue weighted by molar-refractivity contribution is -0.115. The molecule has 0 saturated carbocycles. The van der Waals surface area contributed by atoms with Crippen molar-refractivity contribution >= 4 is 23.0 Å². The number of carbonyl (C=O) groups is 1. The quantitative estimate of drug-likeness (QED) is 0.823. The van der Waals surface area contributed by atoms with Gasteiger partial charge in [-0.3, -0.25) is 4.79 Å². The van der Waals surface area contributed by atoms with Crippen molar-refractivity contribution in [2.45, 2.75) is 6.42 Å². The summed E-state index contributed by atoms with van der Waals surface area (Å²) in [5, 5.41) is 6.19. The maximum absolute atomic E-state index is 11.4. The first-order chi connectivity index (χ1) is 8.33. The molecule has 2 aromatic rings. The molecule has 1 aliphatic rings. The van der Waals surface area contributed by atoms with Crippen LogP contribution in [0.2, 0.25) is 0 Å². The highest BCUT2D eigenvalue weighted by molar-refractivity contribution is 6.03. The van der Waals surface area contributed by atoms with E-state index in [0.29, 0.717) is 6.42 Å². The molecular weight excluding hydrogens is 212 g/mol. The van der Waals surface area contributed by atoms with Crippen LogP contribution in [0, 0.1) is 0 Å². The summed E-state index contributed by atoms with van der Waals surface area (Å²) in [6.45, 7) is 0. The average molecular weight is 224 g/mol. The van der Waals surface area contributed by atoms with Gasteiger partial charge in [0, 0.05) is 5.69 Å². The summed E-state index contributed by atoms with van der Waals surface area (Å²) < 4.78 is 0. The van der Waals surface area contributed by atoms with E-state index in [1.54, 1.807) is 0 Å². The van der Waals surface area contributed by atoms with Crippen LogP contribution in [0.1, 0.15) is 5.56 Å². The van der Waals surface area contributed by atoms with Crippen LogP contribution < -0.4 is 10.6 Å². The van der Waals surface area contributed by atoms with Gasteiger partial charge in [-0.25, -0.2) is 0 Å². The van der Waals surface area contributed by atoms with E-state index in [1.165, 1.54) is 0 Å². The normalized spacial score (nSPS) is 13.1. The van der Waals surface area contributed by atoms with Gasteiger partial charge < -0.3 is 10.6 Å². The van der Waals surface area contributed by atoms with E-state index in [1.807, 2.05) is 48.5 Å². The highest BCUT2D eigenvalue weighted by atomic mass is 16.1. The molecule has 0 unspecified atom stereocenters. The third-order valence-electron chi connectivity index (χ3n) is 2.82. The van der Waals surface area contributed by atoms with Crippen molar-refractivity contribution in [2.75, 3.05) is 10.6 Å². The molecule has 0 aliphatic carbocycles. The molecule has 0 fully saturated rings. The summed E-state index contributed by atoms with van der Waals surface area (Å²) in [4.78, 5) is 11.4. The minimum absolute atomic E-state index is 0.0577. The molecule has 2 aromatic carbocycles. The van der Waals surface area contributed by atoms with E-state index in [-0.39, 0.29) is 5.91 Å². The third-order valence-corrected chi connectivity index (χ3v) is 2.82. The fourth-order valence-corrected chi connectivity index (χ4v) is 2.03. The number of para-hydroxylation sites is 2. The summed E-state index contributed by atoms with van der Waals surface area (Å²) in [6.07, 6.45) is 0.472. The molecule has 84 valence electrons. The van der Waals surface area contributed by atoms with Crippen molar-refractivity contribution in [2.24, 2.45) is 0 Å². The molecule has 3 nitrogen and oxygen atoms in total. The summed E-state index contributed by atoms with van der Waals surface area (Å²) in [6, 6.07) is 15.8. The van der Waals surface area contributed by atoms with Crippen molar-refractivity contribution in [3.05, 3.63) is 54.1 Å². The standard InChI is InChI=1S/C14H12N2O/c17-13-9-10-5-4-8-12(14(10)16-13)15-11-6-2-1-3-7-11/h1-8,15H,9H2,(H,16,17). The van der Waals surface area contributed by atoms with Gasteiger partial charge in [0.15, 0.2) is 0 Å². The van der Waals surface area contributed by atoms with Gasteiger partial charge in [0.25, 0.3) is 0 Å². The van der Waals surface area contributed by atoms with Crippen LogP contribution in [-0.4, -0.2) is 5.91 Å². The predicted molar refractivity (Wildman–Crippen MR) is 68.5 cm³/mol. The van der Waals surface area contributed by atoms with Crippen molar-refractivity contribution in [3.63, 3.8) is 0 Å². The fraction of sp³-hybridized carbons (Fsp3) is 0.0714. The molecule has 3 rings (SSSR count). The Bertz CT molecular complexity index is 564. The van der Waals surface area contributed by atoms with Gasteiger partial charge in [-0.15, -0.1) is 0 Å². The Morgan fingerprint density at radius 1 is 1.00 bits per heavy atom. The third kappa shape index (κ3) is 1.87. The number of hydrogen-bond acceptors (Lipinski definition) is 2. The Kier molecular flexibility index (Phi) is 2.29. The van der Waals surface area contributed by atoms with Crippen molar-refractivity contribution in [1.82, 2.24) is 0 Å². The number of rotatable bonds is 2. The second-order valence-electron chi connectivity index (χ2n) is 4.06. The van der Waals surface area contributed by atoms with E-state index in [2.05, 4.69) is 10.6 Å². The maximum Gasteiger partial charge on any atom is 0.228 e. The van der Waals surface area contributed by atoms with E-state index >= 15 is 0 Å². The summed E-state index contributed by atoms with van der Waals surface area (Å²) >= 11 is 0. The van der Waals surface area contributed by atoms with Crippen molar-refractivity contribution in [1.29, 1.82) is 0 Å². The smallest absolute Gasteiger partial charge is 0.228 e. The van der Waals surface area contributed by atoms with Crippen LogP contribution in [0.25, 0.3) is 0 Å². The second-order valence-corrected chi connectivity index (χ2v) is 4.06. The Morgan fingerprint density at radius 2 is 1.82 bits per heavy atom. The summed E-state index contributed by atoms with van der Waals surface area (Å²) in [7, 11) is 0. The predicted octanol–water partition coefficient (Wildman–Crippen LogP) is 2.92. The van der Waals surface area contributed by atoms with Gasteiger partial charge >= 0.3 is 0 Å². The lowest BCUT2D eigenvalue weighted by Gasteiger charge is -2.10. The average Bonchev–Trinajstić information content (AvgIpc) is 2.72. The summed E-state index contributed by atoms with van der Waals surface area (Å²) in [5.74, 6) is 0.0577. The van der Waals surface area contributed by atoms with Crippen LogP contribution >= 0.6 is 0 Å². The number of carbonyl (C=O) groups excluding carboxylic acids is 1. The van der Waals surface area contributed by atoms with Crippen LogP contribution in [0.5, 0.6) is 0 Å². The Hall–Kier alpha value is -2.29. The second kappa shape index (κ2) is 3.94. The zero-order valence-electron chi connectivity index (χ0n) is 9.23. The highest BCUT2D eigenvalue weighted by Gasteiger charge is 2.19. The Balaban J connectivity index is 1.95. The molecule has 0 saturated heterocycles. The van der Waals surface area contributed by atoms with Gasteiger partial charge in [-0.1, -0.05) is 30.3 Å². The van der Waals surface area contributed by atoms with Gasteiger partial charge in [-0.05, 0) is 23.8 Å². The number of amides is 1. The number of nitrogens with one attached hydrogen (secondary N) is 2. The molecule has 17 heavy (non-hydrogen) atoms. The molecule has 2 N–H and O–H groups in total. The zero-order chi connectivity index (χ0) is 11.7. The first-order valence-electron chi connectivity index (χ1n) is 5.57. The van der Waals surface area contributed by atoms with E-state index < -0.39 is 0 Å². The van der Waals surface area contributed by atoms with Crippen molar-refractivity contribution in [3.8, 4) is 0 Å².